The SMILES string of the molecule is O=C(NC1CCOCC1)c1ccc(NCc2ccn(C3CCCC3)n2)nn1. The number of carbonyl (C=O) groups excluding carboxylic acids is 1. The van der Waals surface area contributed by atoms with Crippen molar-refractivity contribution in [2.45, 2.75) is 57.2 Å². The van der Waals surface area contributed by atoms with E-state index in [1.54, 1.807) is 12.1 Å². The van der Waals surface area contributed by atoms with E-state index in [1.807, 2.05) is 6.07 Å². The van der Waals surface area contributed by atoms with Crippen LogP contribution < -0.4 is 10.6 Å². The summed E-state index contributed by atoms with van der Waals surface area (Å²) < 4.78 is 7.39. The van der Waals surface area contributed by atoms with Crippen LogP contribution in [0.25, 0.3) is 0 Å². The van der Waals surface area contributed by atoms with Crippen LogP contribution in [0, 0.1) is 0 Å². The second-order valence-electron chi connectivity index (χ2n) is 7.24. The average molecular weight is 370 g/mol. The minimum absolute atomic E-state index is 0.154. The Morgan fingerprint density at radius 1 is 1.11 bits per heavy atom. The Hall–Kier alpha value is -2.48. The molecule has 8 heteroatoms. The third-order valence-corrected chi connectivity index (χ3v) is 5.27. The lowest BCUT2D eigenvalue weighted by atomic mass is 10.1. The van der Waals surface area contributed by atoms with Gasteiger partial charge in [-0.15, -0.1) is 10.2 Å². The van der Waals surface area contributed by atoms with Crippen LogP contribution in [-0.2, 0) is 11.3 Å². The molecule has 1 amide bonds. The molecule has 2 aromatic rings. The largest absolute Gasteiger partial charge is 0.381 e. The van der Waals surface area contributed by atoms with Gasteiger partial charge in [0.25, 0.3) is 5.91 Å². The van der Waals surface area contributed by atoms with E-state index in [1.165, 1.54) is 25.7 Å². The van der Waals surface area contributed by atoms with E-state index in [0.717, 1.165) is 18.5 Å². The molecule has 0 radical (unpaired) electrons. The first-order valence-electron chi connectivity index (χ1n) is 9.78. The standard InChI is InChI=1S/C19H26N6O2/c26-19(21-14-8-11-27-12-9-14)17-5-6-18(23-22-17)20-13-15-7-10-25(24-15)16-3-1-2-4-16/h5-7,10,14,16H,1-4,8-9,11-13H2,(H,20,23)(H,21,26). The lowest BCUT2D eigenvalue weighted by molar-refractivity contribution is 0.0693. The van der Waals surface area contributed by atoms with Gasteiger partial charge in [-0.3, -0.25) is 9.48 Å². The van der Waals surface area contributed by atoms with E-state index < -0.39 is 0 Å². The number of anilines is 1. The van der Waals surface area contributed by atoms with Gasteiger partial charge in [-0.2, -0.15) is 5.10 Å². The van der Waals surface area contributed by atoms with Gasteiger partial charge in [-0.05, 0) is 43.9 Å². The van der Waals surface area contributed by atoms with Gasteiger partial charge in [0, 0.05) is 25.5 Å². The highest BCUT2D eigenvalue weighted by molar-refractivity contribution is 5.92. The molecule has 1 aliphatic heterocycles. The van der Waals surface area contributed by atoms with Gasteiger partial charge in [-0.1, -0.05) is 12.8 Å². The van der Waals surface area contributed by atoms with E-state index in [4.69, 9.17) is 4.74 Å². The zero-order valence-corrected chi connectivity index (χ0v) is 15.4. The molecule has 0 bridgehead atoms. The van der Waals surface area contributed by atoms with E-state index in [0.29, 0.717) is 37.3 Å². The summed E-state index contributed by atoms with van der Waals surface area (Å²) in [7, 11) is 0. The van der Waals surface area contributed by atoms with E-state index in [-0.39, 0.29) is 11.9 Å². The number of carbonyl (C=O) groups is 1. The van der Waals surface area contributed by atoms with Crippen molar-refractivity contribution >= 4 is 11.7 Å². The van der Waals surface area contributed by atoms with E-state index in [9.17, 15) is 4.79 Å². The average Bonchev–Trinajstić information content (AvgIpc) is 3.39. The molecule has 0 spiro atoms. The maximum absolute atomic E-state index is 12.2. The lowest BCUT2D eigenvalue weighted by Gasteiger charge is -2.22. The Kier molecular flexibility index (Phi) is 5.62. The van der Waals surface area contributed by atoms with Gasteiger partial charge >= 0.3 is 0 Å². The Bertz CT molecular complexity index is 748. The van der Waals surface area contributed by atoms with Crippen molar-refractivity contribution in [1.82, 2.24) is 25.3 Å². The van der Waals surface area contributed by atoms with Crippen molar-refractivity contribution in [2.75, 3.05) is 18.5 Å². The van der Waals surface area contributed by atoms with Crippen LogP contribution in [0.3, 0.4) is 0 Å². The normalized spacial score (nSPS) is 18.5. The fraction of sp³-hybridized carbons (Fsp3) is 0.579. The first-order chi connectivity index (χ1) is 13.3. The van der Waals surface area contributed by atoms with Crippen LogP contribution in [0.15, 0.2) is 24.4 Å². The molecule has 4 rings (SSSR count). The van der Waals surface area contributed by atoms with Crippen molar-refractivity contribution in [3.8, 4) is 0 Å². The first-order valence-corrected chi connectivity index (χ1v) is 9.78. The summed E-state index contributed by atoms with van der Waals surface area (Å²) in [6.45, 7) is 1.97. The van der Waals surface area contributed by atoms with Gasteiger partial charge < -0.3 is 15.4 Å². The van der Waals surface area contributed by atoms with Crippen LogP contribution in [0.5, 0.6) is 0 Å². The molecule has 0 aromatic carbocycles. The second kappa shape index (κ2) is 8.47. The van der Waals surface area contributed by atoms with Gasteiger partial charge in [0.15, 0.2) is 5.69 Å². The Balaban J connectivity index is 1.28. The zero-order chi connectivity index (χ0) is 18.5. The van der Waals surface area contributed by atoms with Crippen molar-refractivity contribution in [1.29, 1.82) is 0 Å². The number of ether oxygens (including phenoxy) is 1. The molecule has 2 fully saturated rings. The molecule has 1 saturated carbocycles. The summed E-state index contributed by atoms with van der Waals surface area (Å²) in [5.74, 6) is 0.448. The predicted molar refractivity (Wildman–Crippen MR) is 100 cm³/mol. The monoisotopic (exact) mass is 370 g/mol. The molecule has 144 valence electrons. The van der Waals surface area contributed by atoms with Gasteiger partial charge in [0.05, 0.1) is 18.3 Å². The highest BCUT2D eigenvalue weighted by Gasteiger charge is 2.19. The molecule has 2 aliphatic rings. The molecule has 27 heavy (non-hydrogen) atoms. The molecule has 3 heterocycles. The van der Waals surface area contributed by atoms with Crippen molar-refractivity contribution in [3.63, 3.8) is 0 Å². The topological polar surface area (TPSA) is 94.0 Å². The first kappa shape index (κ1) is 17.9. The van der Waals surface area contributed by atoms with Crippen molar-refractivity contribution < 1.29 is 9.53 Å². The number of nitrogens with zero attached hydrogens (tertiary/aromatic N) is 4. The summed E-state index contributed by atoms with van der Waals surface area (Å²) in [6, 6.07) is 6.21. The number of hydrogen-bond donors (Lipinski definition) is 2. The van der Waals surface area contributed by atoms with Crippen LogP contribution in [0.2, 0.25) is 0 Å². The highest BCUT2D eigenvalue weighted by Crippen LogP contribution is 2.28. The molecule has 0 unspecified atom stereocenters. The van der Waals surface area contributed by atoms with Crippen LogP contribution in [-0.4, -0.2) is 45.1 Å². The molecule has 1 aliphatic carbocycles. The molecule has 8 nitrogen and oxygen atoms in total. The van der Waals surface area contributed by atoms with Gasteiger partial charge in [0.1, 0.15) is 5.82 Å². The van der Waals surface area contributed by atoms with Gasteiger partial charge in [0.2, 0.25) is 0 Å². The van der Waals surface area contributed by atoms with Crippen LogP contribution >= 0.6 is 0 Å². The molecule has 2 N–H and O–H groups in total. The third-order valence-electron chi connectivity index (χ3n) is 5.27. The summed E-state index contributed by atoms with van der Waals surface area (Å²) in [6.07, 6.45) is 8.76. The van der Waals surface area contributed by atoms with E-state index >= 15 is 0 Å². The second-order valence-corrected chi connectivity index (χ2v) is 7.24. The minimum atomic E-state index is -0.184. The maximum Gasteiger partial charge on any atom is 0.272 e. The lowest BCUT2D eigenvalue weighted by Crippen LogP contribution is -2.39. The smallest absolute Gasteiger partial charge is 0.272 e. The number of rotatable bonds is 6. The number of aromatic nitrogens is 4. The number of amides is 1. The summed E-state index contributed by atoms with van der Waals surface area (Å²) in [4.78, 5) is 12.2. The quantitative estimate of drug-likeness (QED) is 0.810. The molecule has 2 aromatic heterocycles. The summed E-state index contributed by atoms with van der Waals surface area (Å²) in [5, 5.41) is 19.0. The Morgan fingerprint density at radius 3 is 2.67 bits per heavy atom. The molecule has 0 atom stereocenters. The Labute approximate surface area is 158 Å². The predicted octanol–water partition coefficient (Wildman–Crippen LogP) is 2.31. The molecular weight excluding hydrogens is 344 g/mol. The van der Waals surface area contributed by atoms with E-state index in [2.05, 4.69) is 36.8 Å². The number of hydrogen-bond acceptors (Lipinski definition) is 6. The summed E-state index contributed by atoms with van der Waals surface area (Å²) in [5.41, 5.74) is 1.31. The fourth-order valence-electron chi connectivity index (χ4n) is 3.67. The van der Waals surface area contributed by atoms with Crippen molar-refractivity contribution in [3.05, 3.63) is 35.8 Å². The highest BCUT2D eigenvalue weighted by atomic mass is 16.5. The Morgan fingerprint density at radius 2 is 1.93 bits per heavy atom. The van der Waals surface area contributed by atoms with Crippen molar-refractivity contribution in [2.24, 2.45) is 0 Å². The third kappa shape index (κ3) is 4.63. The van der Waals surface area contributed by atoms with Gasteiger partial charge in [-0.25, -0.2) is 0 Å². The maximum atomic E-state index is 12.2. The fourth-order valence-corrected chi connectivity index (χ4v) is 3.67. The number of nitrogens with one attached hydrogen (secondary N) is 2. The summed E-state index contributed by atoms with van der Waals surface area (Å²) >= 11 is 0. The molecular formula is C19H26N6O2. The van der Waals surface area contributed by atoms with Crippen LogP contribution in [0.4, 0.5) is 5.82 Å². The zero-order valence-electron chi connectivity index (χ0n) is 15.4. The van der Waals surface area contributed by atoms with Crippen LogP contribution in [0.1, 0.15) is 60.7 Å². The molecule has 1 saturated heterocycles. The minimum Gasteiger partial charge on any atom is -0.381 e.